The molecule has 0 saturated heterocycles. The molecule has 1 amide bonds. The molecule has 1 N–H and O–H groups in total. The van der Waals surface area contributed by atoms with Gasteiger partial charge in [0, 0.05) is 6.07 Å². The van der Waals surface area contributed by atoms with E-state index in [9.17, 15) is 25.0 Å². The number of rotatable bonds is 9. The number of amides is 1. The van der Waals surface area contributed by atoms with Crippen molar-refractivity contribution in [2.45, 2.75) is 13.5 Å². The number of nitrogens with zero attached hydrogens (tertiary/aromatic N) is 2. The number of benzene rings is 2. The molecule has 0 aliphatic heterocycles. The van der Waals surface area contributed by atoms with Crippen molar-refractivity contribution in [1.29, 1.82) is 5.26 Å². The van der Waals surface area contributed by atoms with Crippen molar-refractivity contribution in [2.75, 3.05) is 6.61 Å². The number of nitro benzene ring substituents is 1. The number of esters is 1. The summed E-state index contributed by atoms with van der Waals surface area (Å²) in [4.78, 5) is 35.4. The number of nitriles is 1. The predicted molar refractivity (Wildman–Crippen MR) is 120 cm³/mol. The molecule has 0 spiro atoms. The van der Waals surface area contributed by atoms with Crippen LogP contribution in [0.4, 0.5) is 5.69 Å². The molecule has 0 atom stereocenters. The number of carbonyl (C=O) groups is 2. The summed E-state index contributed by atoms with van der Waals surface area (Å²) in [7, 11) is 0. The van der Waals surface area contributed by atoms with Gasteiger partial charge < -0.3 is 19.2 Å². The van der Waals surface area contributed by atoms with Gasteiger partial charge in [-0.15, -0.1) is 0 Å². The maximum absolute atomic E-state index is 12.6. The lowest BCUT2D eigenvalue weighted by atomic mass is 10.1. The fourth-order valence-corrected chi connectivity index (χ4v) is 2.92. The molecule has 10 heteroatoms. The van der Waals surface area contributed by atoms with Crippen LogP contribution in [0.15, 0.2) is 70.9 Å². The van der Waals surface area contributed by atoms with E-state index in [0.29, 0.717) is 11.3 Å². The number of carbonyl (C=O) groups excluding carboxylic acids is 2. The van der Waals surface area contributed by atoms with Gasteiger partial charge in [0.2, 0.25) is 0 Å². The van der Waals surface area contributed by atoms with E-state index in [4.69, 9.17) is 13.9 Å². The Labute approximate surface area is 194 Å². The van der Waals surface area contributed by atoms with Gasteiger partial charge in [-0.05, 0) is 48.9 Å². The quantitative estimate of drug-likeness (QED) is 0.126. The number of hydrogen-bond donors (Lipinski definition) is 1. The van der Waals surface area contributed by atoms with Crippen molar-refractivity contribution in [2.24, 2.45) is 0 Å². The van der Waals surface area contributed by atoms with Gasteiger partial charge in [-0.25, -0.2) is 4.79 Å². The van der Waals surface area contributed by atoms with Crippen LogP contribution in [0.25, 0.3) is 6.08 Å². The zero-order valence-corrected chi connectivity index (χ0v) is 18.0. The Morgan fingerprint density at radius 3 is 2.65 bits per heavy atom. The number of nitrogens with one attached hydrogen (secondary N) is 1. The smallest absolute Gasteiger partial charge is 0.350 e. The third-order valence-corrected chi connectivity index (χ3v) is 4.47. The van der Waals surface area contributed by atoms with Crippen molar-refractivity contribution in [3.8, 4) is 17.6 Å². The fraction of sp³-hybridized carbons (Fsp3) is 0.125. The molecule has 2 aromatic carbocycles. The lowest BCUT2D eigenvalue weighted by Gasteiger charge is -2.12. The molecule has 1 aromatic heterocycles. The minimum Gasteiger partial charge on any atom is -0.490 e. The Balaban J connectivity index is 1.82. The van der Waals surface area contributed by atoms with E-state index in [1.54, 1.807) is 19.1 Å². The van der Waals surface area contributed by atoms with E-state index in [1.807, 2.05) is 6.07 Å². The predicted octanol–water partition coefficient (Wildman–Crippen LogP) is 4.03. The van der Waals surface area contributed by atoms with Crippen molar-refractivity contribution >= 4 is 23.6 Å². The molecule has 0 saturated carbocycles. The van der Waals surface area contributed by atoms with E-state index in [-0.39, 0.29) is 41.5 Å². The number of hydrogen-bond acceptors (Lipinski definition) is 8. The molecule has 3 rings (SSSR count). The summed E-state index contributed by atoms with van der Waals surface area (Å²) >= 11 is 0. The highest BCUT2D eigenvalue weighted by Crippen LogP contribution is 2.31. The van der Waals surface area contributed by atoms with Crippen molar-refractivity contribution in [1.82, 2.24) is 5.32 Å². The molecular weight excluding hydrogens is 442 g/mol. The molecule has 10 nitrogen and oxygen atoms in total. The second-order valence-electron chi connectivity index (χ2n) is 6.73. The lowest BCUT2D eigenvalue weighted by Crippen LogP contribution is -2.23. The Morgan fingerprint density at radius 2 is 1.97 bits per heavy atom. The molecule has 34 heavy (non-hydrogen) atoms. The lowest BCUT2D eigenvalue weighted by molar-refractivity contribution is -0.385. The zero-order chi connectivity index (χ0) is 24.5. The van der Waals surface area contributed by atoms with Crippen LogP contribution in [-0.4, -0.2) is 23.4 Å². The summed E-state index contributed by atoms with van der Waals surface area (Å²) in [5.41, 5.74) is -0.305. The number of furan rings is 1. The van der Waals surface area contributed by atoms with E-state index < -0.39 is 16.8 Å². The first-order valence-electron chi connectivity index (χ1n) is 10.1. The van der Waals surface area contributed by atoms with Crippen LogP contribution in [0, 0.1) is 21.4 Å². The largest absolute Gasteiger partial charge is 0.490 e. The third-order valence-electron chi connectivity index (χ3n) is 4.47. The highest BCUT2D eigenvalue weighted by atomic mass is 16.6. The number of para-hydroxylation sites is 1. The van der Waals surface area contributed by atoms with E-state index in [1.165, 1.54) is 54.8 Å². The van der Waals surface area contributed by atoms with Crippen LogP contribution >= 0.6 is 0 Å². The van der Waals surface area contributed by atoms with Crippen molar-refractivity contribution < 1.29 is 28.4 Å². The molecule has 0 aliphatic carbocycles. The van der Waals surface area contributed by atoms with Gasteiger partial charge in [0.15, 0.2) is 11.5 Å². The van der Waals surface area contributed by atoms with E-state index in [2.05, 4.69) is 5.32 Å². The first-order valence-corrected chi connectivity index (χ1v) is 10.1. The maximum atomic E-state index is 12.6. The Bertz CT molecular complexity index is 1270. The van der Waals surface area contributed by atoms with Gasteiger partial charge in [0.1, 0.15) is 23.0 Å². The van der Waals surface area contributed by atoms with Gasteiger partial charge in [0.25, 0.3) is 11.6 Å². The highest BCUT2D eigenvalue weighted by Gasteiger charge is 2.22. The van der Waals surface area contributed by atoms with Crippen LogP contribution in [0.5, 0.6) is 11.5 Å². The van der Waals surface area contributed by atoms with Gasteiger partial charge in [0.05, 0.1) is 24.3 Å². The van der Waals surface area contributed by atoms with Crippen LogP contribution in [-0.2, 0) is 11.3 Å². The third kappa shape index (κ3) is 5.86. The molecule has 0 unspecified atom stereocenters. The standard InChI is InChI=1S/C24H19N3O7/c1-2-32-22-13-16(12-17(14-25)23(28)26-15-18-6-5-11-33-18)9-10-21(22)34-24(29)19-7-3-4-8-20(19)27(30)31/h3-13H,2,15H2,1H3,(H,26,28)/b17-12+. The average Bonchev–Trinajstić information content (AvgIpc) is 3.36. The zero-order valence-electron chi connectivity index (χ0n) is 18.0. The van der Waals surface area contributed by atoms with Gasteiger partial charge in [-0.2, -0.15) is 5.26 Å². The normalized spacial score (nSPS) is 10.8. The van der Waals surface area contributed by atoms with E-state index >= 15 is 0 Å². The SMILES string of the molecule is CCOc1cc(/C=C(\C#N)C(=O)NCc2ccco2)ccc1OC(=O)c1ccccc1[N+](=O)[O-]. The van der Waals surface area contributed by atoms with E-state index in [0.717, 1.165) is 0 Å². The molecule has 3 aromatic rings. The summed E-state index contributed by atoms with van der Waals surface area (Å²) in [5, 5.41) is 23.2. The topological polar surface area (TPSA) is 145 Å². The second kappa shape index (κ2) is 11.1. The van der Waals surface area contributed by atoms with Crippen LogP contribution in [0.3, 0.4) is 0 Å². The van der Waals surface area contributed by atoms with Crippen LogP contribution < -0.4 is 14.8 Å². The Hall–Kier alpha value is -4.91. The minimum atomic E-state index is -0.924. The molecule has 1 heterocycles. The monoisotopic (exact) mass is 461 g/mol. The Morgan fingerprint density at radius 1 is 1.18 bits per heavy atom. The summed E-state index contributed by atoms with van der Waals surface area (Å²) in [6.45, 7) is 2.08. The first kappa shape index (κ1) is 23.7. The second-order valence-corrected chi connectivity index (χ2v) is 6.73. The molecule has 0 radical (unpaired) electrons. The van der Waals surface area contributed by atoms with Crippen LogP contribution in [0.2, 0.25) is 0 Å². The summed E-state index contributed by atoms with van der Waals surface area (Å²) in [6.07, 6.45) is 2.83. The summed E-state index contributed by atoms with van der Waals surface area (Å²) < 4.78 is 16.0. The molecule has 0 fully saturated rings. The summed E-state index contributed by atoms with van der Waals surface area (Å²) in [6, 6.07) is 15.1. The van der Waals surface area contributed by atoms with Crippen molar-refractivity contribution in [3.63, 3.8) is 0 Å². The van der Waals surface area contributed by atoms with Gasteiger partial charge in [-0.1, -0.05) is 18.2 Å². The number of ether oxygens (including phenoxy) is 2. The minimum absolute atomic E-state index is 0.0305. The molecular formula is C24H19N3O7. The molecule has 0 aliphatic rings. The molecule has 0 bridgehead atoms. The fourth-order valence-electron chi connectivity index (χ4n) is 2.92. The average molecular weight is 461 g/mol. The van der Waals surface area contributed by atoms with Gasteiger partial charge in [-0.3, -0.25) is 14.9 Å². The summed E-state index contributed by atoms with van der Waals surface area (Å²) in [5.74, 6) is -0.788. The Kier molecular flexibility index (Phi) is 7.75. The first-order chi connectivity index (χ1) is 16.4. The van der Waals surface area contributed by atoms with Gasteiger partial charge >= 0.3 is 5.97 Å². The maximum Gasteiger partial charge on any atom is 0.350 e. The van der Waals surface area contributed by atoms with Crippen molar-refractivity contribution in [3.05, 3.63) is 93.4 Å². The number of nitro groups is 1. The highest BCUT2D eigenvalue weighted by molar-refractivity contribution is 6.01. The molecule has 172 valence electrons. The van der Waals surface area contributed by atoms with Crippen LogP contribution in [0.1, 0.15) is 28.6 Å².